The van der Waals surface area contributed by atoms with E-state index >= 15 is 0 Å². The van der Waals surface area contributed by atoms with Gasteiger partial charge in [0, 0.05) is 19.0 Å². The molecule has 1 saturated heterocycles. The van der Waals surface area contributed by atoms with Crippen LogP contribution in [0, 0.1) is 0 Å². The molecule has 0 bridgehead atoms. The van der Waals surface area contributed by atoms with Crippen molar-refractivity contribution in [3.8, 4) is 0 Å². The van der Waals surface area contributed by atoms with Gasteiger partial charge >= 0.3 is 0 Å². The van der Waals surface area contributed by atoms with E-state index in [4.69, 9.17) is 11.6 Å². The lowest BCUT2D eigenvalue weighted by molar-refractivity contribution is -0.129. The normalized spacial score (nSPS) is 21.9. The maximum Gasteiger partial charge on any atom is 0.224 e. The number of alkyl halides is 1. The van der Waals surface area contributed by atoms with Crippen molar-refractivity contribution < 1.29 is 4.79 Å². The summed E-state index contributed by atoms with van der Waals surface area (Å²) in [6, 6.07) is 10.7. The molecule has 17 heavy (non-hydrogen) atoms. The van der Waals surface area contributed by atoms with E-state index in [0.29, 0.717) is 13.0 Å². The highest BCUT2D eigenvalue weighted by Crippen LogP contribution is 2.21. The lowest BCUT2D eigenvalue weighted by Crippen LogP contribution is -2.34. The Bertz CT molecular complexity index is 379. The molecule has 3 heteroatoms. The lowest BCUT2D eigenvalue weighted by Gasteiger charge is -2.24. The third-order valence-corrected chi connectivity index (χ3v) is 3.63. The van der Waals surface area contributed by atoms with Gasteiger partial charge < -0.3 is 4.90 Å². The Morgan fingerprint density at radius 1 is 1.41 bits per heavy atom. The van der Waals surface area contributed by atoms with Crippen molar-refractivity contribution in [3.05, 3.63) is 35.9 Å². The summed E-state index contributed by atoms with van der Waals surface area (Å²) in [6.45, 7) is 2.81. The third-order valence-electron chi connectivity index (χ3n) is 3.34. The smallest absolute Gasteiger partial charge is 0.224 e. The van der Waals surface area contributed by atoms with Crippen molar-refractivity contribution in [2.24, 2.45) is 0 Å². The average molecular weight is 252 g/mol. The Morgan fingerprint density at radius 3 is 2.71 bits per heavy atom. The topological polar surface area (TPSA) is 20.3 Å². The number of likely N-dealkylation sites (tertiary alicyclic amines) is 1. The van der Waals surface area contributed by atoms with Crippen LogP contribution in [0.25, 0.3) is 0 Å². The first kappa shape index (κ1) is 12.4. The third kappa shape index (κ3) is 3.22. The molecule has 1 amide bonds. The van der Waals surface area contributed by atoms with Crippen LogP contribution < -0.4 is 0 Å². The monoisotopic (exact) mass is 251 g/mol. The maximum atomic E-state index is 11.7. The molecule has 1 fully saturated rings. The summed E-state index contributed by atoms with van der Waals surface area (Å²) < 4.78 is 0. The summed E-state index contributed by atoms with van der Waals surface area (Å²) >= 11 is 6.00. The van der Waals surface area contributed by atoms with Gasteiger partial charge in [-0.15, -0.1) is 11.6 Å². The van der Waals surface area contributed by atoms with Gasteiger partial charge in [-0.1, -0.05) is 30.3 Å². The van der Waals surface area contributed by atoms with Crippen LogP contribution in [0.3, 0.4) is 0 Å². The average Bonchev–Trinajstić information content (AvgIpc) is 2.67. The van der Waals surface area contributed by atoms with Gasteiger partial charge in [-0.05, 0) is 25.3 Å². The Balaban J connectivity index is 1.85. The minimum absolute atomic E-state index is 0.00155. The van der Waals surface area contributed by atoms with Gasteiger partial charge in [-0.2, -0.15) is 0 Å². The van der Waals surface area contributed by atoms with Crippen molar-refractivity contribution in [2.45, 2.75) is 37.6 Å². The fraction of sp³-hybridized carbons (Fsp3) is 0.500. The Hall–Kier alpha value is -1.02. The molecule has 0 saturated carbocycles. The van der Waals surface area contributed by atoms with Crippen LogP contribution >= 0.6 is 11.6 Å². The molecule has 1 aliphatic heterocycles. The molecule has 1 heterocycles. The number of carbonyl (C=O) groups is 1. The predicted octanol–water partition coefficient (Wildman–Crippen LogP) is 2.85. The molecule has 2 unspecified atom stereocenters. The standard InChI is InChI=1S/C14H18ClNO/c1-11(16-10-13(15)9-14(16)17)7-8-12-5-3-2-4-6-12/h2-6,11,13H,7-10H2,1H3. The number of carbonyl (C=O) groups excluding carboxylic acids is 1. The van der Waals surface area contributed by atoms with Crippen LogP contribution in [0.15, 0.2) is 30.3 Å². The highest BCUT2D eigenvalue weighted by atomic mass is 35.5. The zero-order chi connectivity index (χ0) is 12.3. The van der Waals surface area contributed by atoms with Gasteiger partial charge in [0.05, 0.1) is 5.38 Å². The Morgan fingerprint density at radius 2 is 2.12 bits per heavy atom. The fourth-order valence-corrected chi connectivity index (χ4v) is 2.57. The molecule has 0 spiro atoms. The van der Waals surface area contributed by atoms with E-state index in [0.717, 1.165) is 12.8 Å². The second kappa shape index (κ2) is 5.54. The fourth-order valence-electron chi connectivity index (χ4n) is 2.29. The van der Waals surface area contributed by atoms with Crippen LogP contribution in [0.1, 0.15) is 25.3 Å². The summed E-state index contributed by atoms with van der Waals surface area (Å²) in [5.74, 6) is 0.200. The van der Waals surface area contributed by atoms with E-state index in [1.54, 1.807) is 0 Å². The minimum atomic E-state index is 0.00155. The molecule has 92 valence electrons. The molecular weight excluding hydrogens is 234 g/mol. The SMILES string of the molecule is CC(CCc1ccccc1)N1CC(Cl)CC1=O. The van der Waals surface area contributed by atoms with Crippen molar-refractivity contribution in [1.82, 2.24) is 4.90 Å². The quantitative estimate of drug-likeness (QED) is 0.754. The molecule has 1 aromatic carbocycles. The molecule has 1 aromatic rings. The predicted molar refractivity (Wildman–Crippen MR) is 70.2 cm³/mol. The number of aryl methyl sites for hydroxylation is 1. The van der Waals surface area contributed by atoms with E-state index in [1.165, 1.54) is 5.56 Å². The van der Waals surface area contributed by atoms with Crippen molar-refractivity contribution in [2.75, 3.05) is 6.54 Å². The molecule has 0 aliphatic carbocycles. The molecule has 0 radical (unpaired) electrons. The van der Waals surface area contributed by atoms with Crippen LogP contribution in [0.4, 0.5) is 0 Å². The summed E-state index contributed by atoms with van der Waals surface area (Å²) in [5.41, 5.74) is 1.33. The van der Waals surface area contributed by atoms with E-state index in [2.05, 4.69) is 31.2 Å². The lowest BCUT2D eigenvalue weighted by atomic mass is 10.1. The first-order chi connectivity index (χ1) is 8.16. The van der Waals surface area contributed by atoms with Crippen molar-refractivity contribution in [1.29, 1.82) is 0 Å². The first-order valence-corrected chi connectivity index (χ1v) is 6.58. The molecule has 0 aromatic heterocycles. The van der Waals surface area contributed by atoms with E-state index in [1.807, 2.05) is 11.0 Å². The van der Waals surface area contributed by atoms with Crippen LogP contribution in [-0.2, 0) is 11.2 Å². The van der Waals surface area contributed by atoms with E-state index in [9.17, 15) is 4.79 Å². The van der Waals surface area contributed by atoms with E-state index in [-0.39, 0.29) is 17.3 Å². The van der Waals surface area contributed by atoms with Gasteiger partial charge in [0.1, 0.15) is 0 Å². The van der Waals surface area contributed by atoms with Gasteiger partial charge in [-0.3, -0.25) is 4.79 Å². The van der Waals surface area contributed by atoms with Gasteiger partial charge in [-0.25, -0.2) is 0 Å². The Labute approximate surface area is 108 Å². The molecule has 2 atom stereocenters. The molecular formula is C14H18ClNO. The first-order valence-electron chi connectivity index (χ1n) is 6.14. The number of halogens is 1. The number of nitrogens with zero attached hydrogens (tertiary/aromatic N) is 1. The zero-order valence-corrected chi connectivity index (χ0v) is 10.9. The second-order valence-corrected chi connectivity index (χ2v) is 5.34. The Kier molecular flexibility index (Phi) is 4.06. The van der Waals surface area contributed by atoms with Gasteiger partial charge in [0.2, 0.25) is 5.91 Å². The summed E-state index contributed by atoms with van der Waals surface area (Å²) in [6.07, 6.45) is 2.51. The second-order valence-electron chi connectivity index (χ2n) is 4.72. The van der Waals surface area contributed by atoms with Crippen LogP contribution in [0.2, 0.25) is 0 Å². The number of benzene rings is 1. The van der Waals surface area contributed by atoms with E-state index < -0.39 is 0 Å². The molecule has 1 aliphatic rings. The van der Waals surface area contributed by atoms with Gasteiger partial charge in [0.25, 0.3) is 0 Å². The molecule has 2 nitrogen and oxygen atoms in total. The highest BCUT2D eigenvalue weighted by Gasteiger charge is 2.30. The largest absolute Gasteiger partial charge is 0.338 e. The zero-order valence-electron chi connectivity index (χ0n) is 10.1. The molecule has 0 N–H and O–H groups in total. The number of hydrogen-bond donors (Lipinski definition) is 0. The minimum Gasteiger partial charge on any atom is -0.338 e. The van der Waals surface area contributed by atoms with Gasteiger partial charge in [0.15, 0.2) is 0 Å². The highest BCUT2D eigenvalue weighted by molar-refractivity contribution is 6.22. The van der Waals surface area contributed by atoms with Crippen molar-refractivity contribution in [3.63, 3.8) is 0 Å². The number of hydrogen-bond acceptors (Lipinski definition) is 1. The maximum absolute atomic E-state index is 11.7. The molecule has 2 rings (SSSR count). The number of rotatable bonds is 4. The van der Waals surface area contributed by atoms with Crippen molar-refractivity contribution >= 4 is 17.5 Å². The summed E-state index contributed by atoms with van der Waals surface area (Å²) in [4.78, 5) is 13.6. The summed E-state index contributed by atoms with van der Waals surface area (Å²) in [7, 11) is 0. The van der Waals surface area contributed by atoms with Crippen LogP contribution in [-0.4, -0.2) is 28.8 Å². The van der Waals surface area contributed by atoms with Crippen LogP contribution in [0.5, 0.6) is 0 Å². The number of amides is 1. The summed E-state index contributed by atoms with van der Waals surface area (Å²) in [5, 5.41) is 0.00155.